The van der Waals surface area contributed by atoms with E-state index in [1.165, 1.54) is 22.5 Å². The van der Waals surface area contributed by atoms with Gasteiger partial charge < -0.3 is 5.32 Å². The molecule has 28 heavy (non-hydrogen) atoms. The number of anilines is 1. The van der Waals surface area contributed by atoms with Gasteiger partial charge in [-0.2, -0.15) is 0 Å². The van der Waals surface area contributed by atoms with E-state index in [1.807, 2.05) is 6.07 Å². The number of hydrogen-bond acceptors (Lipinski definition) is 5. The molecule has 1 aliphatic heterocycles. The van der Waals surface area contributed by atoms with Gasteiger partial charge in [0.2, 0.25) is 15.9 Å². The summed E-state index contributed by atoms with van der Waals surface area (Å²) in [5, 5.41) is 13.5. The molecule has 148 valence electrons. The quantitative estimate of drug-likeness (QED) is 0.589. The molecule has 1 heterocycles. The van der Waals surface area contributed by atoms with Gasteiger partial charge in [0.05, 0.1) is 10.7 Å². The molecule has 1 N–H and O–H groups in total. The number of nitrogens with one attached hydrogen (secondary N) is 1. The van der Waals surface area contributed by atoms with Crippen molar-refractivity contribution in [1.82, 2.24) is 4.31 Å². The molecule has 9 heteroatoms. The second-order valence-corrected chi connectivity index (χ2v) is 8.68. The van der Waals surface area contributed by atoms with Crippen LogP contribution in [0.4, 0.5) is 11.4 Å². The zero-order valence-corrected chi connectivity index (χ0v) is 16.0. The number of nitrogens with zero attached hydrogens (tertiary/aromatic N) is 2. The highest BCUT2D eigenvalue weighted by molar-refractivity contribution is 7.88. The summed E-state index contributed by atoms with van der Waals surface area (Å²) in [6.45, 7) is 0.560. The molecule has 2 aromatic rings. The fourth-order valence-electron chi connectivity index (χ4n) is 3.21. The van der Waals surface area contributed by atoms with Gasteiger partial charge in [0, 0.05) is 36.8 Å². The Morgan fingerprint density at radius 3 is 2.43 bits per heavy atom. The molecule has 1 aliphatic rings. The van der Waals surface area contributed by atoms with E-state index in [-0.39, 0.29) is 36.4 Å². The number of sulfonamides is 1. The Bertz CT molecular complexity index is 955. The lowest BCUT2D eigenvalue weighted by Crippen LogP contribution is -2.41. The molecule has 0 spiro atoms. The van der Waals surface area contributed by atoms with Crippen LogP contribution in [0, 0.1) is 16.0 Å². The number of piperidine rings is 1. The molecule has 0 aliphatic carbocycles. The van der Waals surface area contributed by atoms with E-state index in [9.17, 15) is 23.3 Å². The van der Waals surface area contributed by atoms with Gasteiger partial charge in [0.25, 0.3) is 5.69 Å². The van der Waals surface area contributed by atoms with Crippen LogP contribution in [0.3, 0.4) is 0 Å². The highest BCUT2D eigenvalue weighted by atomic mass is 32.2. The first-order chi connectivity index (χ1) is 13.3. The molecular formula is C19H21N3O5S. The van der Waals surface area contributed by atoms with E-state index < -0.39 is 14.9 Å². The number of benzene rings is 2. The van der Waals surface area contributed by atoms with Crippen LogP contribution >= 0.6 is 0 Å². The summed E-state index contributed by atoms with van der Waals surface area (Å²) in [6.07, 6.45) is 0.823. The predicted molar refractivity (Wildman–Crippen MR) is 105 cm³/mol. The van der Waals surface area contributed by atoms with Crippen molar-refractivity contribution in [1.29, 1.82) is 0 Å². The Balaban J connectivity index is 1.56. The van der Waals surface area contributed by atoms with Crippen LogP contribution in [0.1, 0.15) is 18.4 Å². The van der Waals surface area contributed by atoms with Crippen LogP contribution < -0.4 is 5.32 Å². The van der Waals surface area contributed by atoms with Crippen molar-refractivity contribution >= 4 is 27.3 Å². The molecule has 0 unspecified atom stereocenters. The van der Waals surface area contributed by atoms with Crippen molar-refractivity contribution in [3.8, 4) is 0 Å². The van der Waals surface area contributed by atoms with Gasteiger partial charge >= 0.3 is 0 Å². The third kappa shape index (κ3) is 4.93. The Kier molecular flexibility index (Phi) is 6.05. The van der Waals surface area contributed by atoms with Gasteiger partial charge in [-0.25, -0.2) is 12.7 Å². The Morgan fingerprint density at radius 2 is 1.79 bits per heavy atom. The first-order valence-electron chi connectivity index (χ1n) is 8.92. The standard InChI is InChI=1S/C19H21N3O5S/c23-19(20-17-7-4-8-18(13-17)22(24)25)16-9-11-21(12-10-16)28(26,27)14-15-5-2-1-3-6-15/h1-8,13,16H,9-12,14H2,(H,20,23). The minimum Gasteiger partial charge on any atom is -0.326 e. The van der Waals surface area contributed by atoms with Crippen LogP contribution in [0.15, 0.2) is 54.6 Å². The number of carbonyl (C=O) groups excluding carboxylic acids is 1. The molecule has 0 radical (unpaired) electrons. The summed E-state index contributed by atoms with van der Waals surface area (Å²) in [4.78, 5) is 22.8. The van der Waals surface area contributed by atoms with Gasteiger partial charge in [-0.15, -0.1) is 0 Å². The fraction of sp³-hybridized carbons (Fsp3) is 0.316. The van der Waals surface area contributed by atoms with Crippen molar-refractivity contribution in [3.63, 3.8) is 0 Å². The van der Waals surface area contributed by atoms with Gasteiger partial charge in [-0.3, -0.25) is 14.9 Å². The van der Waals surface area contributed by atoms with Gasteiger partial charge in [0.15, 0.2) is 0 Å². The van der Waals surface area contributed by atoms with Gasteiger partial charge in [-0.1, -0.05) is 36.4 Å². The summed E-state index contributed by atoms with van der Waals surface area (Å²) in [5.41, 5.74) is 0.992. The Hall–Kier alpha value is -2.78. The number of carbonyl (C=O) groups is 1. The van der Waals surface area contributed by atoms with Crippen molar-refractivity contribution in [3.05, 3.63) is 70.3 Å². The SMILES string of the molecule is O=C(Nc1cccc([N+](=O)[O-])c1)C1CCN(S(=O)(=O)Cc2ccccc2)CC1. The van der Waals surface area contributed by atoms with E-state index in [4.69, 9.17) is 0 Å². The Morgan fingerprint density at radius 1 is 1.11 bits per heavy atom. The third-order valence-electron chi connectivity index (χ3n) is 4.73. The lowest BCUT2D eigenvalue weighted by Gasteiger charge is -2.30. The van der Waals surface area contributed by atoms with E-state index in [1.54, 1.807) is 30.3 Å². The molecule has 0 aromatic heterocycles. The van der Waals surface area contributed by atoms with Crippen molar-refractivity contribution in [2.75, 3.05) is 18.4 Å². The average molecular weight is 403 g/mol. The molecule has 1 fully saturated rings. The highest BCUT2D eigenvalue weighted by Crippen LogP contribution is 2.24. The maximum Gasteiger partial charge on any atom is 0.271 e. The summed E-state index contributed by atoms with van der Waals surface area (Å²) < 4.78 is 26.6. The smallest absolute Gasteiger partial charge is 0.271 e. The fourth-order valence-corrected chi connectivity index (χ4v) is 4.78. The number of nitro benzene ring substituents is 1. The van der Waals surface area contributed by atoms with Crippen molar-refractivity contribution < 1.29 is 18.1 Å². The number of non-ortho nitro benzene ring substituents is 1. The van der Waals surface area contributed by atoms with E-state index in [0.717, 1.165) is 5.56 Å². The van der Waals surface area contributed by atoms with Gasteiger partial charge in [-0.05, 0) is 24.5 Å². The summed E-state index contributed by atoms with van der Waals surface area (Å²) in [7, 11) is -3.43. The average Bonchev–Trinajstić information content (AvgIpc) is 2.68. The third-order valence-corrected chi connectivity index (χ3v) is 6.58. The van der Waals surface area contributed by atoms with E-state index in [2.05, 4.69) is 5.32 Å². The van der Waals surface area contributed by atoms with Crippen LogP contribution in [0.5, 0.6) is 0 Å². The topological polar surface area (TPSA) is 110 Å². The molecule has 8 nitrogen and oxygen atoms in total. The van der Waals surface area contributed by atoms with E-state index >= 15 is 0 Å². The second-order valence-electron chi connectivity index (χ2n) is 6.71. The second kappa shape index (κ2) is 8.49. The molecule has 0 saturated carbocycles. The molecule has 2 aromatic carbocycles. The first-order valence-corrected chi connectivity index (χ1v) is 10.5. The highest BCUT2D eigenvalue weighted by Gasteiger charge is 2.31. The van der Waals surface area contributed by atoms with E-state index in [0.29, 0.717) is 18.5 Å². The maximum atomic E-state index is 12.6. The predicted octanol–water partition coefficient (Wildman–Crippen LogP) is 2.78. The van der Waals surface area contributed by atoms with Gasteiger partial charge in [0.1, 0.15) is 0 Å². The van der Waals surface area contributed by atoms with Crippen LogP contribution in [0.25, 0.3) is 0 Å². The molecule has 1 saturated heterocycles. The molecule has 3 rings (SSSR count). The normalized spacial score (nSPS) is 15.9. The summed E-state index contributed by atoms with van der Waals surface area (Å²) >= 11 is 0. The molecule has 1 amide bonds. The van der Waals surface area contributed by atoms with Crippen molar-refractivity contribution in [2.45, 2.75) is 18.6 Å². The molecule has 0 bridgehead atoms. The largest absolute Gasteiger partial charge is 0.326 e. The minimum atomic E-state index is -3.43. The molecule has 0 atom stereocenters. The van der Waals surface area contributed by atoms with Crippen molar-refractivity contribution in [2.24, 2.45) is 5.92 Å². The lowest BCUT2D eigenvalue weighted by molar-refractivity contribution is -0.384. The van der Waals surface area contributed by atoms with Crippen LogP contribution in [0.2, 0.25) is 0 Å². The number of hydrogen-bond donors (Lipinski definition) is 1. The first kappa shape index (κ1) is 20.0. The number of amides is 1. The number of rotatable bonds is 6. The summed E-state index contributed by atoms with van der Waals surface area (Å²) in [5.74, 6) is -0.638. The zero-order chi connectivity index (χ0) is 20.1. The lowest BCUT2D eigenvalue weighted by atomic mass is 9.97. The number of nitro groups is 1. The Labute approximate surface area is 163 Å². The summed E-state index contributed by atoms with van der Waals surface area (Å²) in [6, 6.07) is 14.7. The van der Waals surface area contributed by atoms with Crippen LogP contribution in [-0.4, -0.2) is 36.6 Å². The molecular weight excluding hydrogens is 382 g/mol. The maximum absolute atomic E-state index is 12.6. The minimum absolute atomic E-state index is 0.0572. The van der Waals surface area contributed by atoms with Crippen LogP contribution in [-0.2, 0) is 20.6 Å². The monoisotopic (exact) mass is 403 g/mol. The zero-order valence-electron chi connectivity index (χ0n) is 15.2.